The molecule has 4 heteroatoms. The Kier molecular flexibility index (Phi) is 2.80. The number of nitrogens with one attached hydrogen (secondary N) is 1. The highest BCUT2D eigenvalue weighted by molar-refractivity contribution is 5.55. The highest BCUT2D eigenvalue weighted by Crippen LogP contribution is 2.03. The van der Waals surface area contributed by atoms with E-state index in [0.29, 0.717) is 0 Å². The van der Waals surface area contributed by atoms with Gasteiger partial charge in [0.1, 0.15) is 0 Å². The molecule has 0 aromatic heterocycles. The minimum atomic E-state index is -1.15. The Hall–Kier alpha value is -0.450. The van der Waals surface area contributed by atoms with E-state index in [2.05, 4.69) is 5.43 Å². The van der Waals surface area contributed by atoms with Crippen molar-refractivity contribution in [3.8, 4) is 0 Å². The maximum absolute atomic E-state index is 9.83. The van der Waals surface area contributed by atoms with E-state index < -0.39 is 6.23 Å². The van der Waals surface area contributed by atoms with Crippen LogP contribution in [0.5, 0.6) is 0 Å². The number of aliphatic hydroxyl groups is 1. The Morgan fingerprint density at radius 2 is 2.10 bits per heavy atom. The molecule has 0 aromatic carbocycles. The highest BCUT2D eigenvalue weighted by atomic mass is 16.3. The van der Waals surface area contributed by atoms with Gasteiger partial charge in [-0.25, -0.2) is 10.4 Å². The fourth-order valence-corrected chi connectivity index (χ4v) is 1.05. The topological polar surface area (TPSA) is 52.6 Å². The summed E-state index contributed by atoms with van der Waals surface area (Å²) in [7, 11) is 0. The van der Waals surface area contributed by atoms with Gasteiger partial charge in [-0.05, 0) is 12.8 Å². The SMILES string of the molecule is O=[C]C(O)NN1CCCC1. The number of hydrogen-bond donors (Lipinski definition) is 2. The zero-order valence-electron chi connectivity index (χ0n) is 5.71. The van der Waals surface area contributed by atoms with Crippen molar-refractivity contribution in [2.45, 2.75) is 19.1 Å². The molecule has 10 heavy (non-hydrogen) atoms. The number of hydrazine groups is 1. The molecule has 1 aliphatic heterocycles. The third kappa shape index (κ3) is 2.06. The van der Waals surface area contributed by atoms with Gasteiger partial charge in [0.15, 0.2) is 6.23 Å². The van der Waals surface area contributed by atoms with E-state index in [1.54, 1.807) is 0 Å². The molecule has 4 nitrogen and oxygen atoms in total. The van der Waals surface area contributed by atoms with E-state index in [9.17, 15) is 4.79 Å². The van der Waals surface area contributed by atoms with Gasteiger partial charge in [0.05, 0.1) is 0 Å². The molecular weight excluding hydrogens is 132 g/mol. The number of carbonyl (C=O) groups excluding carboxylic acids is 1. The van der Waals surface area contributed by atoms with E-state index in [-0.39, 0.29) is 0 Å². The molecule has 1 fully saturated rings. The van der Waals surface area contributed by atoms with Gasteiger partial charge in [-0.3, -0.25) is 4.79 Å². The largest absolute Gasteiger partial charge is 0.370 e. The molecule has 0 aliphatic carbocycles. The summed E-state index contributed by atoms with van der Waals surface area (Å²) < 4.78 is 0. The van der Waals surface area contributed by atoms with Crippen LogP contribution in [0.4, 0.5) is 0 Å². The van der Waals surface area contributed by atoms with Crippen LogP contribution in [0.3, 0.4) is 0 Å². The van der Waals surface area contributed by atoms with Crippen molar-refractivity contribution in [1.29, 1.82) is 0 Å². The third-order valence-corrected chi connectivity index (χ3v) is 1.52. The van der Waals surface area contributed by atoms with E-state index >= 15 is 0 Å². The second kappa shape index (κ2) is 3.65. The average Bonchev–Trinajstić information content (AvgIpc) is 2.40. The molecular formula is C6H11N2O2. The first kappa shape index (κ1) is 7.65. The minimum absolute atomic E-state index is 0.902. The molecule has 2 N–H and O–H groups in total. The molecule has 1 rings (SSSR count). The van der Waals surface area contributed by atoms with Crippen molar-refractivity contribution in [1.82, 2.24) is 10.4 Å². The van der Waals surface area contributed by atoms with E-state index in [1.165, 1.54) is 6.29 Å². The molecule has 1 heterocycles. The second-order valence-electron chi connectivity index (χ2n) is 2.34. The Balaban J connectivity index is 2.17. The minimum Gasteiger partial charge on any atom is -0.370 e. The lowest BCUT2D eigenvalue weighted by Crippen LogP contribution is -2.43. The molecule has 1 radical (unpaired) electrons. The summed E-state index contributed by atoms with van der Waals surface area (Å²) in [6, 6.07) is 0. The lowest BCUT2D eigenvalue weighted by atomic mass is 10.4. The molecule has 0 saturated carbocycles. The lowest BCUT2D eigenvalue weighted by Gasteiger charge is -2.16. The van der Waals surface area contributed by atoms with E-state index in [0.717, 1.165) is 25.9 Å². The summed E-state index contributed by atoms with van der Waals surface area (Å²) in [6.45, 7) is 1.80. The van der Waals surface area contributed by atoms with Gasteiger partial charge < -0.3 is 5.11 Å². The van der Waals surface area contributed by atoms with E-state index in [4.69, 9.17) is 5.11 Å². The number of nitrogens with zero attached hydrogens (tertiary/aromatic N) is 1. The Bertz CT molecular complexity index is 112. The van der Waals surface area contributed by atoms with Crippen LogP contribution in [0.15, 0.2) is 0 Å². The fraction of sp³-hybridized carbons (Fsp3) is 0.833. The Morgan fingerprint density at radius 3 is 2.60 bits per heavy atom. The van der Waals surface area contributed by atoms with Crippen LogP contribution >= 0.6 is 0 Å². The standard InChI is InChI=1S/C6H11N2O2/c9-5-6(10)7-8-3-1-2-4-8/h6-7,10H,1-4H2. The fourth-order valence-electron chi connectivity index (χ4n) is 1.05. The summed E-state index contributed by atoms with van der Waals surface area (Å²) >= 11 is 0. The van der Waals surface area contributed by atoms with Crippen molar-refractivity contribution in [2.24, 2.45) is 0 Å². The predicted molar refractivity (Wildman–Crippen MR) is 35.6 cm³/mol. The van der Waals surface area contributed by atoms with Crippen LogP contribution in [0, 0.1) is 0 Å². The summed E-state index contributed by atoms with van der Waals surface area (Å²) in [6.07, 6.45) is 2.54. The predicted octanol–water partition coefficient (Wildman–Crippen LogP) is -0.985. The van der Waals surface area contributed by atoms with Crippen molar-refractivity contribution >= 4 is 6.29 Å². The molecule has 0 amide bonds. The van der Waals surface area contributed by atoms with Gasteiger partial charge in [-0.1, -0.05) is 0 Å². The summed E-state index contributed by atoms with van der Waals surface area (Å²) in [5, 5.41) is 10.6. The average molecular weight is 143 g/mol. The first-order valence-corrected chi connectivity index (χ1v) is 3.40. The van der Waals surface area contributed by atoms with Crippen LogP contribution < -0.4 is 5.43 Å². The molecule has 0 spiro atoms. The Morgan fingerprint density at radius 1 is 1.50 bits per heavy atom. The maximum Gasteiger partial charge on any atom is 0.247 e. The van der Waals surface area contributed by atoms with Gasteiger partial charge in [0.25, 0.3) is 0 Å². The molecule has 0 bridgehead atoms. The summed E-state index contributed by atoms with van der Waals surface area (Å²) in [5.74, 6) is 0. The van der Waals surface area contributed by atoms with Crippen LogP contribution in [0.1, 0.15) is 12.8 Å². The summed E-state index contributed by atoms with van der Waals surface area (Å²) in [5.41, 5.74) is 2.59. The van der Waals surface area contributed by atoms with Gasteiger partial charge in [0.2, 0.25) is 6.29 Å². The second-order valence-corrected chi connectivity index (χ2v) is 2.34. The van der Waals surface area contributed by atoms with Crippen molar-refractivity contribution in [3.63, 3.8) is 0 Å². The van der Waals surface area contributed by atoms with Crippen molar-refractivity contribution < 1.29 is 9.90 Å². The van der Waals surface area contributed by atoms with Crippen molar-refractivity contribution in [3.05, 3.63) is 0 Å². The normalized spacial score (nSPS) is 22.9. The zero-order chi connectivity index (χ0) is 7.40. The highest BCUT2D eigenvalue weighted by Gasteiger charge is 2.13. The first-order valence-electron chi connectivity index (χ1n) is 3.40. The molecule has 0 aromatic rings. The van der Waals surface area contributed by atoms with E-state index in [1.807, 2.05) is 5.01 Å². The van der Waals surface area contributed by atoms with Crippen LogP contribution in [-0.4, -0.2) is 35.7 Å². The smallest absolute Gasteiger partial charge is 0.247 e. The molecule has 1 unspecified atom stereocenters. The quantitative estimate of drug-likeness (QED) is 0.498. The van der Waals surface area contributed by atoms with Gasteiger partial charge in [0, 0.05) is 13.1 Å². The van der Waals surface area contributed by atoms with Crippen LogP contribution in [0.25, 0.3) is 0 Å². The number of rotatable bonds is 3. The molecule has 1 aliphatic rings. The third-order valence-electron chi connectivity index (χ3n) is 1.52. The zero-order valence-corrected chi connectivity index (χ0v) is 5.71. The molecule has 1 saturated heterocycles. The van der Waals surface area contributed by atoms with Gasteiger partial charge in [-0.15, -0.1) is 0 Å². The Labute approximate surface area is 59.8 Å². The van der Waals surface area contributed by atoms with Gasteiger partial charge >= 0.3 is 0 Å². The number of aliphatic hydroxyl groups excluding tert-OH is 1. The molecule has 57 valence electrons. The monoisotopic (exact) mass is 143 g/mol. The maximum atomic E-state index is 9.83. The lowest BCUT2D eigenvalue weighted by molar-refractivity contribution is 0.0927. The van der Waals surface area contributed by atoms with Crippen molar-refractivity contribution in [2.75, 3.05) is 13.1 Å². The molecule has 1 atom stereocenters. The first-order chi connectivity index (χ1) is 4.83. The van der Waals surface area contributed by atoms with Gasteiger partial charge in [-0.2, -0.15) is 0 Å². The van der Waals surface area contributed by atoms with Crippen LogP contribution in [0.2, 0.25) is 0 Å². The van der Waals surface area contributed by atoms with Crippen LogP contribution in [-0.2, 0) is 4.79 Å². The number of hydrogen-bond acceptors (Lipinski definition) is 4. The summed E-state index contributed by atoms with van der Waals surface area (Å²) in [4.78, 5) is 9.83.